The van der Waals surface area contributed by atoms with Crippen LogP contribution < -0.4 is 5.73 Å². The minimum Gasteiger partial charge on any atom is -0.330 e. The van der Waals surface area contributed by atoms with Crippen LogP contribution in [0.1, 0.15) is 33.6 Å². The van der Waals surface area contributed by atoms with E-state index in [1.165, 1.54) is 12.8 Å². The van der Waals surface area contributed by atoms with Gasteiger partial charge >= 0.3 is 0 Å². The number of hydrogen-bond acceptors (Lipinski definition) is 1. The van der Waals surface area contributed by atoms with Crippen LogP contribution in [0.3, 0.4) is 0 Å². The average molecular weight is 155 g/mol. The third-order valence-electron chi connectivity index (χ3n) is 3.65. The van der Waals surface area contributed by atoms with Gasteiger partial charge in [0.15, 0.2) is 0 Å². The first-order chi connectivity index (χ1) is 5.16. The Morgan fingerprint density at radius 3 is 2.09 bits per heavy atom. The van der Waals surface area contributed by atoms with Crippen molar-refractivity contribution in [3.05, 3.63) is 0 Å². The molecule has 1 nitrogen and oxygen atoms in total. The van der Waals surface area contributed by atoms with Gasteiger partial charge in [0.25, 0.3) is 0 Å². The molecule has 0 aromatic heterocycles. The molecule has 2 N–H and O–H groups in total. The van der Waals surface area contributed by atoms with E-state index in [9.17, 15) is 0 Å². The van der Waals surface area contributed by atoms with Gasteiger partial charge in [-0.25, -0.2) is 0 Å². The Kier molecular flexibility index (Phi) is 2.94. The smallest absolute Gasteiger partial charge is 0.00437 e. The van der Waals surface area contributed by atoms with Crippen LogP contribution in [0.15, 0.2) is 0 Å². The van der Waals surface area contributed by atoms with Gasteiger partial charge < -0.3 is 5.73 Å². The van der Waals surface area contributed by atoms with Crippen molar-refractivity contribution in [2.75, 3.05) is 6.54 Å². The van der Waals surface area contributed by atoms with Crippen LogP contribution in [0.4, 0.5) is 0 Å². The molecule has 0 spiro atoms. The lowest BCUT2D eigenvalue weighted by Crippen LogP contribution is -2.35. The summed E-state index contributed by atoms with van der Waals surface area (Å²) in [6.45, 7) is 7.95. The largest absolute Gasteiger partial charge is 0.330 e. The normalized spacial score (nSPS) is 45.8. The number of nitrogens with two attached hydrogens (primary N) is 1. The van der Waals surface area contributed by atoms with Crippen LogP contribution in [-0.2, 0) is 0 Å². The molecule has 0 bridgehead atoms. The molecule has 0 amide bonds. The summed E-state index contributed by atoms with van der Waals surface area (Å²) < 4.78 is 0. The molecule has 0 heterocycles. The van der Waals surface area contributed by atoms with Crippen molar-refractivity contribution in [3.63, 3.8) is 0 Å². The van der Waals surface area contributed by atoms with Crippen LogP contribution in [-0.4, -0.2) is 6.54 Å². The second-order valence-corrected chi connectivity index (χ2v) is 4.29. The van der Waals surface area contributed by atoms with E-state index >= 15 is 0 Å². The van der Waals surface area contributed by atoms with Crippen LogP contribution in [0.5, 0.6) is 0 Å². The van der Waals surface area contributed by atoms with Crippen LogP contribution in [0, 0.1) is 23.7 Å². The lowest BCUT2D eigenvalue weighted by Gasteiger charge is -2.38. The summed E-state index contributed by atoms with van der Waals surface area (Å²) in [6, 6.07) is 0. The van der Waals surface area contributed by atoms with Crippen molar-refractivity contribution in [1.29, 1.82) is 0 Å². The first kappa shape index (κ1) is 9.05. The molecular weight excluding hydrogens is 134 g/mol. The molecule has 1 saturated carbocycles. The summed E-state index contributed by atoms with van der Waals surface area (Å²) in [6.07, 6.45) is 2.78. The monoisotopic (exact) mass is 155 g/mol. The second-order valence-electron chi connectivity index (χ2n) is 4.29. The van der Waals surface area contributed by atoms with Gasteiger partial charge in [-0.1, -0.05) is 33.6 Å². The Balaban J connectivity index is 2.55. The Bertz CT molecular complexity index is 122. The summed E-state index contributed by atoms with van der Waals surface area (Å²) in [5.41, 5.74) is 5.75. The summed E-state index contributed by atoms with van der Waals surface area (Å²) in [5.74, 6) is 3.36. The molecule has 1 aliphatic carbocycles. The maximum Gasteiger partial charge on any atom is -0.00437 e. The molecule has 1 fully saturated rings. The molecule has 0 aromatic rings. The first-order valence-corrected chi connectivity index (χ1v) is 4.87. The molecular formula is C10H21N. The zero-order valence-electron chi connectivity index (χ0n) is 8.01. The van der Waals surface area contributed by atoms with Crippen LogP contribution >= 0.6 is 0 Å². The predicted octanol–water partition coefficient (Wildman–Crippen LogP) is 2.26. The Labute approximate surface area is 70.4 Å². The van der Waals surface area contributed by atoms with Crippen molar-refractivity contribution >= 4 is 0 Å². The Morgan fingerprint density at radius 2 is 1.64 bits per heavy atom. The molecule has 0 aliphatic heterocycles. The quantitative estimate of drug-likeness (QED) is 0.617. The van der Waals surface area contributed by atoms with Crippen LogP contribution in [0.25, 0.3) is 0 Å². The minimum absolute atomic E-state index is 0.777. The van der Waals surface area contributed by atoms with Gasteiger partial charge in [0.1, 0.15) is 0 Å². The maximum absolute atomic E-state index is 5.75. The van der Waals surface area contributed by atoms with Gasteiger partial charge in [-0.15, -0.1) is 0 Å². The molecule has 0 radical (unpaired) electrons. The maximum atomic E-state index is 5.75. The minimum atomic E-state index is 0.777. The molecule has 1 aliphatic rings. The van der Waals surface area contributed by atoms with Crippen molar-refractivity contribution in [2.24, 2.45) is 29.4 Å². The molecule has 66 valence electrons. The van der Waals surface area contributed by atoms with Crippen molar-refractivity contribution in [2.45, 2.75) is 33.6 Å². The van der Waals surface area contributed by atoms with Gasteiger partial charge in [0.2, 0.25) is 0 Å². The zero-order chi connectivity index (χ0) is 8.43. The molecule has 1 rings (SSSR count). The molecule has 1 heteroatoms. The highest BCUT2D eigenvalue weighted by Crippen LogP contribution is 2.37. The van der Waals surface area contributed by atoms with E-state index in [0.29, 0.717) is 0 Å². The van der Waals surface area contributed by atoms with Crippen LogP contribution in [0.2, 0.25) is 0 Å². The lowest BCUT2D eigenvalue weighted by molar-refractivity contribution is 0.128. The van der Waals surface area contributed by atoms with E-state index < -0.39 is 0 Å². The molecule has 0 aromatic carbocycles. The molecule has 0 saturated heterocycles. The molecule has 11 heavy (non-hydrogen) atoms. The third kappa shape index (κ3) is 1.76. The number of hydrogen-bond donors (Lipinski definition) is 1. The van der Waals surface area contributed by atoms with Gasteiger partial charge in [0, 0.05) is 0 Å². The third-order valence-corrected chi connectivity index (χ3v) is 3.65. The van der Waals surface area contributed by atoms with Crippen molar-refractivity contribution in [3.8, 4) is 0 Å². The highest BCUT2D eigenvalue weighted by atomic mass is 14.6. The number of rotatable bonds is 1. The van der Waals surface area contributed by atoms with Gasteiger partial charge in [-0.3, -0.25) is 0 Å². The Hall–Kier alpha value is -0.0400. The van der Waals surface area contributed by atoms with Crippen molar-refractivity contribution in [1.82, 2.24) is 0 Å². The standard InChI is InChI=1S/C10H21N/c1-7-4-5-8(2)10(6-11)9(7)3/h7-10H,4-6,11H2,1-3H3. The Morgan fingerprint density at radius 1 is 1.09 bits per heavy atom. The van der Waals surface area contributed by atoms with E-state index in [4.69, 9.17) is 5.73 Å². The predicted molar refractivity (Wildman–Crippen MR) is 49.3 cm³/mol. The average Bonchev–Trinajstić information content (AvgIpc) is 1.99. The zero-order valence-corrected chi connectivity index (χ0v) is 8.01. The first-order valence-electron chi connectivity index (χ1n) is 4.87. The fraction of sp³-hybridized carbons (Fsp3) is 1.00. The van der Waals surface area contributed by atoms with E-state index in [1.807, 2.05) is 0 Å². The SMILES string of the molecule is CC1CCC(C)C(CN)C1C. The second kappa shape index (κ2) is 3.57. The van der Waals surface area contributed by atoms with Gasteiger partial charge in [0.05, 0.1) is 0 Å². The summed E-state index contributed by atoms with van der Waals surface area (Å²) in [7, 11) is 0. The summed E-state index contributed by atoms with van der Waals surface area (Å²) in [5, 5.41) is 0. The van der Waals surface area contributed by atoms with E-state index in [-0.39, 0.29) is 0 Å². The topological polar surface area (TPSA) is 26.0 Å². The highest BCUT2D eigenvalue weighted by Gasteiger charge is 2.30. The van der Waals surface area contributed by atoms with Gasteiger partial charge in [-0.2, -0.15) is 0 Å². The van der Waals surface area contributed by atoms with E-state index in [0.717, 1.165) is 30.2 Å². The summed E-state index contributed by atoms with van der Waals surface area (Å²) >= 11 is 0. The van der Waals surface area contributed by atoms with E-state index in [1.54, 1.807) is 0 Å². The molecule has 4 unspecified atom stereocenters. The van der Waals surface area contributed by atoms with Crippen molar-refractivity contribution < 1.29 is 0 Å². The molecule has 4 atom stereocenters. The van der Waals surface area contributed by atoms with Gasteiger partial charge in [-0.05, 0) is 30.2 Å². The fourth-order valence-electron chi connectivity index (χ4n) is 2.39. The van der Waals surface area contributed by atoms with E-state index in [2.05, 4.69) is 20.8 Å². The lowest BCUT2D eigenvalue weighted by atomic mass is 9.68. The highest BCUT2D eigenvalue weighted by molar-refractivity contribution is 4.81. The fourth-order valence-corrected chi connectivity index (χ4v) is 2.39. The summed E-state index contributed by atoms with van der Waals surface area (Å²) in [4.78, 5) is 0.